The Morgan fingerprint density at radius 1 is 1.18 bits per heavy atom. The van der Waals surface area contributed by atoms with Gasteiger partial charge in [-0.25, -0.2) is 4.79 Å². The van der Waals surface area contributed by atoms with Crippen LogP contribution in [0.4, 0.5) is 4.39 Å². The number of carbonyl (C=O) groups excluding carboxylic acids is 2. The third-order valence-corrected chi connectivity index (χ3v) is 9.47. The van der Waals surface area contributed by atoms with Gasteiger partial charge in [-0.05, 0) is 97.2 Å². The molecule has 0 aromatic carbocycles. The number of hydrogen-bond donors (Lipinski definition) is 0. The minimum absolute atomic E-state index is 0.0378. The van der Waals surface area contributed by atoms with Crippen LogP contribution in [-0.2, 0) is 19.1 Å². The summed E-state index contributed by atoms with van der Waals surface area (Å²) in [6.07, 6.45) is 12.0. The molecule has 0 spiro atoms. The van der Waals surface area contributed by atoms with E-state index in [0.29, 0.717) is 35.7 Å². The quantitative estimate of drug-likeness (QED) is 0.335. The lowest BCUT2D eigenvalue weighted by Gasteiger charge is -2.58. The third kappa shape index (κ3) is 3.89. The van der Waals surface area contributed by atoms with Crippen molar-refractivity contribution >= 4 is 11.9 Å². The summed E-state index contributed by atoms with van der Waals surface area (Å²) in [5.74, 6) is 0.908. The van der Waals surface area contributed by atoms with E-state index < -0.39 is 11.8 Å². The highest BCUT2D eigenvalue weighted by molar-refractivity contribution is 5.87. The summed E-state index contributed by atoms with van der Waals surface area (Å²) in [6, 6.07) is 0. The minimum Gasteiger partial charge on any atom is -0.461 e. The first-order valence-corrected chi connectivity index (χ1v) is 12.8. The molecule has 2 fully saturated rings. The first-order chi connectivity index (χ1) is 15.7. The molecule has 33 heavy (non-hydrogen) atoms. The van der Waals surface area contributed by atoms with Crippen LogP contribution in [0.2, 0.25) is 0 Å². The normalized spacial score (nSPS) is 38.8. The van der Waals surface area contributed by atoms with E-state index in [-0.39, 0.29) is 23.4 Å². The van der Waals surface area contributed by atoms with Crippen LogP contribution < -0.4 is 0 Å². The number of fused-ring (bicyclic) bond motifs is 5. The monoisotopic (exact) mass is 458 g/mol. The van der Waals surface area contributed by atoms with Crippen LogP contribution >= 0.6 is 0 Å². The first kappa shape index (κ1) is 24.2. The zero-order valence-corrected chi connectivity index (χ0v) is 20.8. The molecular weight excluding hydrogens is 419 g/mol. The van der Waals surface area contributed by atoms with E-state index in [0.717, 1.165) is 50.7 Å². The Hall–Kier alpha value is -1.91. The molecule has 0 amide bonds. The standard InChI is InChI=1S/C28H39FO4/c1-6-8-18-15-20(33-17(3)30)16-19-9-10-21-22-11-12-24(25(29)26(31)32-7-2)27(22,4)14-13-23(21)28(18,19)5/h9,16,18,21-23H,6-8,10-15H2,1-5H3/t18-,21-,22-,23-,27-,28-/m0/s1. The number of hydrogen-bond acceptors (Lipinski definition) is 4. The van der Waals surface area contributed by atoms with Crippen LogP contribution in [0.1, 0.15) is 86.0 Å². The van der Waals surface area contributed by atoms with E-state index in [9.17, 15) is 9.59 Å². The third-order valence-electron chi connectivity index (χ3n) is 9.47. The molecule has 5 heteroatoms. The van der Waals surface area contributed by atoms with E-state index >= 15 is 4.39 Å². The Labute approximate surface area is 197 Å². The summed E-state index contributed by atoms with van der Waals surface area (Å²) in [5.41, 5.74) is 1.78. The van der Waals surface area contributed by atoms with E-state index in [1.165, 1.54) is 12.5 Å². The molecule has 0 radical (unpaired) electrons. The molecule has 0 aromatic heterocycles. The fraction of sp³-hybridized carbons (Fsp3) is 0.714. The second-order valence-electron chi connectivity index (χ2n) is 11.0. The molecular formula is C28H39FO4. The minimum atomic E-state index is -0.798. The molecule has 2 saturated carbocycles. The van der Waals surface area contributed by atoms with Crippen LogP contribution in [0.3, 0.4) is 0 Å². The van der Waals surface area contributed by atoms with Crippen molar-refractivity contribution in [3.05, 3.63) is 34.9 Å². The fourth-order valence-corrected chi connectivity index (χ4v) is 7.99. The van der Waals surface area contributed by atoms with E-state index in [4.69, 9.17) is 9.47 Å². The highest BCUT2D eigenvalue weighted by Gasteiger charge is 2.59. The Kier molecular flexibility index (Phi) is 6.63. The summed E-state index contributed by atoms with van der Waals surface area (Å²) in [7, 11) is 0. The van der Waals surface area contributed by atoms with Crippen molar-refractivity contribution in [1.82, 2.24) is 0 Å². The van der Waals surface area contributed by atoms with Crippen LogP contribution in [0, 0.1) is 34.5 Å². The number of carbonyl (C=O) groups is 2. The Bertz CT molecular complexity index is 915. The molecule has 0 heterocycles. The van der Waals surface area contributed by atoms with Crippen LogP contribution in [0.15, 0.2) is 34.9 Å². The van der Waals surface area contributed by atoms with Gasteiger partial charge in [-0.3, -0.25) is 4.79 Å². The van der Waals surface area contributed by atoms with Gasteiger partial charge in [0, 0.05) is 13.3 Å². The predicted molar refractivity (Wildman–Crippen MR) is 125 cm³/mol. The molecule has 4 nitrogen and oxygen atoms in total. The number of halogens is 1. The van der Waals surface area contributed by atoms with Crippen molar-refractivity contribution in [2.75, 3.05) is 6.61 Å². The number of esters is 2. The molecule has 6 atom stereocenters. The Morgan fingerprint density at radius 3 is 2.61 bits per heavy atom. The zero-order valence-electron chi connectivity index (χ0n) is 20.8. The Balaban J connectivity index is 1.69. The largest absolute Gasteiger partial charge is 0.461 e. The average molecular weight is 459 g/mol. The predicted octanol–water partition coefficient (Wildman–Crippen LogP) is 6.82. The maximum Gasteiger partial charge on any atom is 0.367 e. The molecule has 4 rings (SSSR count). The number of ether oxygens (including phenoxy) is 2. The van der Waals surface area contributed by atoms with Gasteiger partial charge in [-0.1, -0.05) is 33.3 Å². The molecule has 0 bridgehead atoms. The van der Waals surface area contributed by atoms with Crippen molar-refractivity contribution in [2.45, 2.75) is 86.0 Å². The molecule has 182 valence electrons. The highest BCUT2D eigenvalue weighted by atomic mass is 19.1. The van der Waals surface area contributed by atoms with Crippen molar-refractivity contribution < 1.29 is 23.5 Å². The van der Waals surface area contributed by atoms with Crippen LogP contribution in [0.25, 0.3) is 0 Å². The van der Waals surface area contributed by atoms with Gasteiger partial charge in [0.05, 0.1) is 6.61 Å². The average Bonchev–Trinajstić information content (AvgIpc) is 3.11. The maximum atomic E-state index is 15.1. The molecule has 0 aromatic rings. The molecule has 4 aliphatic carbocycles. The van der Waals surface area contributed by atoms with E-state index in [1.54, 1.807) is 6.92 Å². The SMILES string of the molecule is CCC[C@H]1CC(OC(C)=O)=CC2=CC[C@@H]3[C@H](CC[C@]4(C)C(=C(F)C(=O)OCC)CC[C@@H]34)[C@]21C. The lowest BCUT2D eigenvalue weighted by atomic mass is 9.46. The van der Waals surface area contributed by atoms with E-state index in [2.05, 4.69) is 32.9 Å². The van der Waals surface area contributed by atoms with Gasteiger partial charge in [0.2, 0.25) is 5.83 Å². The fourth-order valence-electron chi connectivity index (χ4n) is 7.99. The number of rotatable bonds is 5. The van der Waals surface area contributed by atoms with Crippen molar-refractivity contribution in [2.24, 2.45) is 34.5 Å². The Morgan fingerprint density at radius 2 is 1.94 bits per heavy atom. The summed E-state index contributed by atoms with van der Waals surface area (Å²) in [6.45, 7) is 10.2. The van der Waals surface area contributed by atoms with Crippen molar-refractivity contribution in [3.63, 3.8) is 0 Å². The van der Waals surface area contributed by atoms with Gasteiger partial charge in [0.15, 0.2) is 0 Å². The zero-order chi connectivity index (χ0) is 24.0. The van der Waals surface area contributed by atoms with Gasteiger partial charge >= 0.3 is 11.9 Å². The van der Waals surface area contributed by atoms with Crippen LogP contribution in [0.5, 0.6) is 0 Å². The highest BCUT2D eigenvalue weighted by Crippen LogP contribution is 2.67. The maximum absolute atomic E-state index is 15.1. The lowest BCUT2D eigenvalue weighted by Crippen LogP contribution is -2.51. The second kappa shape index (κ2) is 9.03. The summed E-state index contributed by atoms with van der Waals surface area (Å²) in [5, 5.41) is 0. The first-order valence-electron chi connectivity index (χ1n) is 12.8. The van der Waals surface area contributed by atoms with Gasteiger partial charge < -0.3 is 9.47 Å². The topological polar surface area (TPSA) is 52.6 Å². The second-order valence-corrected chi connectivity index (χ2v) is 11.0. The van der Waals surface area contributed by atoms with Gasteiger partial charge in [-0.2, -0.15) is 4.39 Å². The van der Waals surface area contributed by atoms with Gasteiger partial charge in [0.25, 0.3) is 0 Å². The number of allylic oxidation sites excluding steroid dienone is 5. The summed E-state index contributed by atoms with van der Waals surface area (Å²) < 4.78 is 25.7. The van der Waals surface area contributed by atoms with E-state index in [1.807, 2.05) is 0 Å². The lowest BCUT2D eigenvalue weighted by molar-refractivity contribution is -0.140. The molecule has 4 aliphatic rings. The smallest absolute Gasteiger partial charge is 0.367 e. The summed E-state index contributed by atoms with van der Waals surface area (Å²) in [4.78, 5) is 23.8. The molecule has 0 unspecified atom stereocenters. The van der Waals surface area contributed by atoms with Gasteiger partial charge in [0.1, 0.15) is 5.76 Å². The molecule has 0 N–H and O–H groups in total. The van der Waals surface area contributed by atoms with Crippen LogP contribution in [-0.4, -0.2) is 18.5 Å². The van der Waals surface area contributed by atoms with Gasteiger partial charge in [-0.15, -0.1) is 0 Å². The van der Waals surface area contributed by atoms with Crippen molar-refractivity contribution in [1.29, 1.82) is 0 Å². The molecule has 0 saturated heterocycles. The summed E-state index contributed by atoms with van der Waals surface area (Å²) >= 11 is 0. The van der Waals surface area contributed by atoms with Crippen molar-refractivity contribution in [3.8, 4) is 0 Å². The molecule has 0 aliphatic heterocycles.